The van der Waals surface area contributed by atoms with Crippen molar-refractivity contribution in [2.45, 2.75) is 6.54 Å². The van der Waals surface area contributed by atoms with Crippen LogP contribution in [0.15, 0.2) is 53.0 Å². The molecular weight excluding hydrogens is 334 g/mol. The maximum Gasteiger partial charge on any atom is 0.271 e. The third kappa shape index (κ3) is 3.96. The van der Waals surface area contributed by atoms with E-state index in [2.05, 4.69) is 15.8 Å². The largest absolute Gasteiger partial charge is 0.367 e. The lowest BCUT2D eigenvalue weighted by Gasteiger charge is -2.22. The first-order valence-corrected chi connectivity index (χ1v) is 8.07. The van der Waals surface area contributed by atoms with E-state index >= 15 is 0 Å². The average Bonchev–Trinajstić information content (AvgIpc) is 3.07. The molecule has 0 unspecified atom stereocenters. The fourth-order valence-corrected chi connectivity index (χ4v) is 2.71. The standard InChI is InChI=1S/C16H14F2N4OS/c17-12-3-4-15(14(18)6-12)20-21-16(23)11-2-1-5-22(7-11)8-13-9-24-10-19-13/h1-4,6-7,9-10,20H,5,8H2,(H,21,23). The Labute approximate surface area is 141 Å². The van der Waals surface area contributed by atoms with Gasteiger partial charge in [0.2, 0.25) is 0 Å². The minimum atomic E-state index is -0.784. The van der Waals surface area contributed by atoms with Crippen molar-refractivity contribution < 1.29 is 13.6 Å². The van der Waals surface area contributed by atoms with Crippen LogP contribution < -0.4 is 10.9 Å². The topological polar surface area (TPSA) is 57.3 Å². The Hall–Kier alpha value is -2.74. The molecule has 1 aromatic heterocycles. The van der Waals surface area contributed by atoms with Crippen molar-refractivity contribution in [1.29, 1.82) is 0 Å². The highest BCUT2D eigenvalue weighted by Gasteiger charge is 2.13. The summed E-state index contributed by atoms with van der Waals surface area (Å²) in [6, 6.07) is 3.06. The molecule has 8 heteroatoms. The SMILES string of the molecule is O=C(NNc1ccc(F)cc1F)C1=CN(Cc2cscn2)CC=C1. The molecule has 0 saturated carbocycles. The molecule has 1 aromatic carbocycles. The van der Waals surface area contributed by atoms with Gasteiger partial charge >= 0.3 is 0 Å². The highest BCUT2D eigenvalue weighted by molar-refractivity contribution is 7.07. The number of amides is 1. The van der Waals surface area contributed by atoms with E-state index in [0.717, 1.165) is 17.8 Å². The normalized spacial score (nSPS) is 13.6. The molecule has 3 rings (SSSR count). The monoisotopic (exact) mass is 348 g/mol. The number of benzene rings is 1. The van der Waals surface area contributed by atoms with Crippen LogP contribution in [0.2, 0.25) is 0 Å². The first kappa shape index (κ1) is 16.1. The Kier molecular flexibility index (Phi) is 4.85. The van der Waals surface area contributed by atoms with Crippen LogP contribution in [0.3, 0.4) is 0 Å². The zero-order chi connectivity index (χ0) is 16.9. The minimum absolute atomic E-state index is 0.00975. The Morgan fingerprint density at radius 3 is 3.00 bits per heavy atom. The number of carbonyl (C=O) groups excluding carboxylic acids is 1. The van der Waals surface area contributed by atoms with E-state index in [1.165, 1.54) is 17.4 Å². The van der Waals surface area contributed by atoms with Crippen molar-refractivity contribution in [1.82, 2.24) is 15.3 Å². The molecule has 2 aromatic rings. The van der Waals surface area contributed by atoms with E-state index in [0.29, 0.717) is 18.7 Å². The molecule has 1 aliphatic rings. The van der Waals surface area contributed by atoms with Gasteiger partial charge in [-0.3, -0.25) is 15.6 Å². The number of thiazole rings is 1. The lowest BCUT2D eigenvalue weighted by molar-refractivity contribution is -0.116. The summed E-state index contributed by atoms with van der Waals surface area (Å²) < 4.78 is 26.4. The molecule has 0 radical (unpaired) electrons. The molecule has 0 atom stereocenters. The van der Waals surface area contributed by atoms with Gasteiger partial charge in [-0.1, -0.05) is 12.2 Å². The molecule has 0 bridgehead atoms. The molecule has 1 amide bonds. The minimum Gasteiger partial charge on any atom is -0.367 e. The van der Waals surface area contributed by atoms with Crippen LogP contribution in [-0.2, 0) is 11.3 Å². The second-order valence-corrected chi connectivity index (χ2v) is 5.82. The molecule has 2 heterocycles. The molecular formula is C16H14F2N4OS. The number of anilines is 1. The van der Waals surface area contributed by atoms with Gasteiger partial charge < -0.3 is 4.90 Å². The summed E-state index contributed by atoms with van der Waals surface area (Å²) in [4.78, 5) is 18.3. The van der Waals surface area contributed by atoms with Crippen LogP contribution in [0.5, 0.6) is 0 Å². The van der Waals surface area contributed by atoms with Crippen LogP contribution in [0, 0.1) is 11.6 Å². The molecule has 2 N–H and O–H groups in total. The van der Waals surface area contributed by atoms with Crippen molar-refractivity contribution in [2.75, 3.05) is 12.0 Å². The summed E-state index contributed by atoms with van der Waals surface area (Å²) in [7, 11) is 0. The predicted molar refractivity (Wildman–Crippen MR) is 87.9 cm³/mol. The van der Waals surface area contributed by atoms with E-state index in [1.54, 1.807) is 17.8 Å². The number of rotatable bonds is 5. The van der Waals surface area contributed by atoms with E-state index in [-0.39, 0.29) is 5.69 Å². The fourth-order valence-electron chi connectivity index (χ4n) is 2.16. The fraction of sp³-hybridized carbons (Fsp3) is 0.125. The number of hydrazine groups is 1. The zero-order valence-electron chi connectivity index (χ0n) is 12.5. The van der Waals surface area contributed by atoms with Gasteiger partial charge in [0, 0.05) is 24.2 Å². The number of nitrogens with zero attached hydrogens (tertiary/aromatic N) is 2. The summed E-state index contributed by atoms with van der Waals surface area (Å²) in [5.74, 6) is -1.88. The first-order chi connectivity index (χ1) is 11.6. The highest BCUT2D eigenvalue weighted by Crippen LogP contribution is 2.15. The number of aromatic nitrogens is 1. The Bertz CT molecular complexity index is 789. The molecule has 1 aliphatic heterocycles. The summed E-state index contributed by atoms with van der Waals surface area (Å²) in [6.45, 7) is 1.28. The molecule has 0 fully saturated rings. The van der Waals surface area contributed by atoms with Gasteiger partial charge in [0.1, 0.15) is 5.82 Å². The summed E-state index contributed by atoms with van der Waals surface area (Å²) >= 11 is 1.52. The Morgan fingerprint density at radius 1 is 1.38 bits per heavy atom. The van der Waals surface area contributed by atoms with Crippen molar-refractivity contribution in [3.8, 4) is 0 Å². The quantitative estimate of drug-likeness (QED) is 0.816. The van der Waals surface area contributed by atoms with E-state index in [4.69, 9.17) is 0 Å². The van der Waals surface area contributed by atoms with Crippen molar-refractivity contribution in [3.63, 3.8) is 0 Å². The Morgan fingerprint density at radius 2 is 2.25 bits per heavy atom. The molecule has 0 spiro atoms. The van der Waals surface area contributed by atoms with E-state index in [1.807, 2.05) is 16.4 Å². The first-order valence-electron chi connectivity index (χ1n) is 7.13. The van der Waals surface area contributed by atoms with Gasteiger partial charge in [-0.25, -0.2) is 13.8 Å². The number of carbonyl (C=O) groups is 1. The zero-order valence-corrected chi connectivity index (χ0v) is 13.3. The molecule has 0 saturated heterocycles. The van der Waals surface area contributed by atoms with Crippen molar-refractivity contribution >= 4 is 22.9 Å². The van der Waals surface area contributed by atoms with Gasteiger partial charge in [0.05, 0.1) is 29.0 Å². The summed E-state index contributed by atoms with van der Waals surface area (Å²) in [5, 5.41) is 1.95. The second kappa shape index (κ2) is 7.22. The third-order valence-electron chi connectivity index (χ3n) is 3.31. The summed E-state index contributed by atoms with van der Waals surface area (Å²) in [6.07, 6.45) is 5.27. The predicted octanol–water partition coefficient (Wildman–Crippen LogP) is 2.82. The Balaban J connectivity index is 1.61. The maximum atomic E-state index is 13.5. The number of hydrogen-bond acceptors (Lipinski definition) is 5. The van der Waals surface area contributed by atoms with Crippen LogP contribution in [0.4, 0.5) is 14.5 Å². The van der Waals surface area contributed by atoms with Crippen LogP contribution in [0.1, 0.15) is 5.69 Å². The molecule has 124 valence electrons. The van der Waals surface area contributed by atoms with E-state index in [9.17, 15) is 13.6 Å². The lowest BCUT2D eigenvalue weighted by Crippen LogP contribution is -2.32. The van der Waals surface area contributed by atoms with Crippen LogP contribution >= 0.6 is 11.3 Å². The van der Waals surface area contributed by atoms with Gasteiger partial charge in [-0.15, -0.1) is 11.3 Å². The van der Waals surface area contributed by atoms with Crippen LogP contribution in [0.25, 0.3) is 0 Å². The van der Waals surface area contributed by atoms with Crippen molar-refractivity contribution in [3.05, 3.63) is 70.3 Å². The number of nitrogens with one attached hydrogen (secondary N) is 2. The third-order valence-corrected chi connectivity index (χ3v) is 3.95. The second-order valence-electron chi connectivity index (χ2n) is 5.10. The molecule has 5 nitrogen and oxygen atoms in total. The van der Waals surface area contributed by atoms with E-state index < -0.39 is 17.5 Å². The number of hydrogen-bond donors (Lipinski definition) is 2. The highest BCUT2D eigenvalue weighted by atomic mass is 32.1. The van der Waals surface area contributed by atoms with Crippen LogP contribution in [-0.4, -0.2) is 22.3 Å². The molecule has 0 aliphatic carbocycles. The molecule has 24 heavy (non-hydrogen) atoms. The number of halogens is 2. The van der Waals surface area contributed by atoms with Gasteiger partial charge in [-0.05, 0) is 12.1 Å². The van der Waals surface area contributed by atoms with Gasteiger partial charge in [-0.2, -0.15) is 0 Å². The lowest BCUT2D eigenvalue weighted by atomic mass is 10.2. The maximum absolute atomic E-state index is 13.5. The van der Waals surface area contributed by atoms with Gasteiger partial charge in [0.25, 0.3) is 5.91 Å². The summed E-state index contributed by atoms with van der Waals surface area (Å²) in [5.41, 5.74) is 7.95. The smallest absolute Gasteiger partial charge is 0.271 e. The average molecular weight is 348 g/mol. The van der Waals surface area contributed by atoms with Crippen molar-refractivity contribution in [2.24, 2.45) is 0 Å². The van der Waals surface area contributed by atoms with Gasteiger partial charge in [0.15, 0.2) is 5.82 Å².